The molecule has 3 rings (SSSR count). The van der Waals surface area contributed by atoms with Gasteiger partial charge in [0.25, 0.3) is 0 Å². The summed E-state index contributed by atoms with van der Waals surface area (Å²) in [5.74, 6) is 0.421. The molecule has 1 fully saturated rings. The Hall–Kier alpha value is -1.15. The largest absolute Gasteiger partial charge is 0.297 e. The number of piperidine rings is 1. The van der Waals surface area contributed by atoms with E-state index in [9.17, 15) is 4.79 Å². The van der Waals surface area contributed by atoms with E-state index in [4.69, 9.17) is 0 Å². The first kappa shape index (κ1) is 11.0. The maximum absolute atomic E-state index is 12.6. The lowest BCUT2D eigenvalue weighted by molar-refractivity contribution is -0.133. The van der Waals surface area contributed by atoms with Crippen LogP contribution in [-0.4, -0.2) is 30.3 Å². The summed E-state index contributed by atoms with van der Waals surface area (Å²) in [6.07, 6.45) is 1.84. The smallest absolute Gasteiger partial charge is 0.160 e. The summed E-state index contributed by atoms with van der Waals surface area (Å²) in [4.78, 5) is 14.8. The molecule has 2 atom stereocenters. The normalized spacial score (nSPS) is 32.4. The highest BCUT2D eigenvalue weighted by atomic mass is 16.1. The minimum absolute atomic E-state index is 0.101. The molecule has 1 aliphatic heterocycles. The van der Waals surface area contributed by atoms with Crippen LogP contribution in [0.15, 0.2) is 18.2 Å². The lowest BCUT2D eigenvalue weighted by Crippen LogP contribution is -2.58. The van der Waals surface area contributed by atoms with Gasteiger partial charge < -0.3 is 0 Å². The highest BCUT2D eigenvalue weighted by Gasteiger charge is 2.48. The van der Waals surface area contributed by atoms with Crippen molar-refractivity contribution in [2.75, 3.05) is 13.6 Å². The van der Waals surface area contributed by atoms with Crippen molar-refractivity contribution in [1.29, 1.82) is 0 Å². The lowest BCUT2D eigenvalue weighted by Gasteiger charge is -2.47. The van der Waals surface area contributed by atoms with Crippen LogP contribution in [0.4, 0.5) is 0 Å². The first-order valence-electron chi connectivity index (χ1n) is 6.37. The molecule has 1 saturated heterocycles. The van der Waals surface area contributed by atoms with Gasteiger partial charge in [-0.1, -0.05) is 23.8 Å². The second-order valence-corrected chi connectivity index (χ2v) is 5.81. The molecular weight excluding hydrogens is 210 g/mol. The van der Waals surface area contributed by atoms with Crippen LogP contribution in [0.1, 0.15) is 30.0 Å². The predicted molar refractivity (Wildman–Crippen MR) is 68.3 cm³/mol. The average molecular weight is 229 g/mol. The van der Waals surface area contributed by atoms with Crippen molar-refractivity contribution < 1.29 is 4.79 Å². The third-order valence-corrected chi connectivity index (χ3v) is 4.62. The molecule has 1 aromatic rings. The molecule has 1 heterocycles. The number of hydrogen-bond donors (Lipinski definition) is 0. The van der Waals surface area contributed by atoms with Crippen LogP contribution >= 0.6 is 0 Å². The zero-order chi connectivity index (χ0) is 12.2. The minimum atomic E-state index is -0.239. The molecule has 0 radical (unpaired) electrons. The third-order valence-electron chi connectivity index (χ3n) is 4.62. The van der Waals surface area contributed by atoms with Crippen LogP contribution in [0, 0.1) is 6.92 Å². The van der Waals surface area contributed by atoms with Crippen molar-refractivity contribution in [3.8, 4) is 0 Å². The molecule has 2 heteroatoms. The quantitative estimate of drug-likeness (QED) is 0.679. The van der Waals surface area contributed by atoms with E-state index in [2.05, 4.69) is 44.0 Å². The minimum Gasteiger partial charge on any atom is -0.297 e. The molecule has 17 heavy (non-hydrogen) atoms. The van der Waals surface area contributed by atoms with E-state index in [0.717, 1.165) is 19.4 Å². The van der Waals surface area contributed by atoms with Crippen LogP contribution in [-0.2, 0) is 16.6 Å². The number of rotatable bonds is 0. The predicted octanol–water partition coefficient (Wildman–Crippen LogP) is 2.08. The van der Waals surface area contributed by atoms with Gasteiger partial charge in [-0.25, -0.2) is 0 Å². The number of aryl methyl sites for hydroxylation is 1. The van der Waals surface area contributed by atoms with E-state index >= 15 is 0 Å². The molecule has 0 amide bonds. The fraction of sp³-hybridized carbons (Fsp3) is 0.533. The summed E-state index contributed by atoms with van der Waals surface area (Å²) in [6, 6.07) is 6.69. The Morgan fingerprint density at radius 1 is 1.41 bits per heavy atom. The Morgan fingerprint density at radius 3 is 2.94 bits per heavy atom. The van der Waals surface area contributed by atoms with Crippen LogP contribution in [0.2, 0.25) is 0 Å². The molecule has 2 aliphatic rings. The summed E-state index contributed by atoms with van der Waals surface area (Å²) in [6.45, 7) is 5.27. The van der Waals surface area contributed by atoms with Gasteiger partial charge in [0.05, 0.1) is 11.5 Å². The molecular formula is C15H19NO. The van der Waals surface area contributed by atoms with Crippen LogP contribution in [0.25, 0.3) is 0 Å². The molecule has 0 aromatic heterocycles. The monoisotopic (exact) mass is 229 g/mol. The second kappa shape index (κ2) is 3.42. The number of nitrogens with zero attached hydrogens (tertiary/aromatic N) is 1. The summed E-state index contributed by atoms with van der Waals surface area (Å²) in [7, 11) is 2.07. The standard InChI is InChI=1S/C15H19NO/c1-10-4-5-11-9-13-14(17)15(2,12(11)8-10)6-7-16(13)3/h4-5,8,13H,6-7,9H2,1-3H3/t13-,15+/m0/s1. The number of benzene rings is 1. The van der Waals surface area contributed by atoms with Crippen LogP contribution in [0.5, 0.6) is 0 Å². The first-order chi connectivity index (χ1) is 8.02. The van der Waals surface area contributed by atoms with Gasteiger partial charge in [0.2, 0.25) is 0 Å². The summed E-state index contributed by atoms with van der Waals surface area (Å²) >= 11 is 0. The maximum atomic E-state index is 12.6. The molecule has 0 spiro atoms. The number of likely N-dealkylation sites (N-methyl/N-ethyl adjacent to an activating group) is 1. The average Bonchev–Trinajstić information content (AvgIpc) is 2.30. The molecule has 2 nitrogen and oxygen atoms in total. The van der Waals surface area contributed by atoms with Gasteiger partial charge in [0, 0.05) is 0 Å². The molecule has 2 bridgehead atoms. The number of likely N-dealkylation sites (tertiary alicyclic amines) is 1. The van der Waals surface area contributed by atoms with Crippen molar-refractivity contribution in [2.24, 2.45) is 0 Å². The van der Waals surface area contributed by atoms with E-state index in [0.29, 0.717) is 5.78 Å². The number of ketones is 1. The second-order valence-electron chi connectivity index (χ2n) is 5.81. The highest BCUT2D eigenvalue weighted by Crippen LogP contribution is 2.42. The molecule has 0 saturated carbocycles. The highest BCUT2D eigenvalue weighted by molar-refractivity contribution is 5.97. The molecule has 0 N–H and O–H groups in total. The van der Waals surface area contributed by atoms with Crippen molar-refractivity contribution in [3.05, 3.63) is 34.9 Å². The van der Waals surface area contributed by atoms with Crippen LogP contribution in [0.3, 0.4) is 0 Å². The van der Waals surface area contributed by atoms with Gasteiger partial charge >= 0.3 is 0 Å². The van der Waals surface area contributed by atoms with Crippen molar-refractivity contribution in [2.45, 2.75) is 38.1 Å². The van der Waals surface area contributed by atoms with E-state index in [1.807, 2.05) is 0 Å². The first-order valence-corrected chi connectivity index (χ1v) is 6.37. The van der Waals surface area contributed by atoms with Crippen molar-refractivity contribution in [3.63, 3.8) is 0 Å². The Morgan fingerprint density at radius 2 is 2.18 bits per heavy atom. The van der Waals surface area contributed by atoms with Crippen molar-refractivity contribution >= 4 is 5.78 Å². The van der Waals surface area contributed by atoms with Gasteiger partial charge in [-0.15, -0.1) is 0 Å². The SMILES string of the molecule is Cc1ccc2c(c1)[C@@]1(C)CCN(C)[C@@H](C2)C1=O. The van der Waals surface area contributed by atoms with Crippen LogP contribution < -0.4 is 0 Å². The van der Waals surface area contributed by atoms with E-state index in [-0.39, 0.29) is 11.5 Å². The van der Waals surface area contributed by atoms with Crippen molar-refractivity contribution in [1.82, 2.24) is 4.90 Å². The number of carbonyl (C=O) groups is 1. The Kier molecular flexibility index (Phi) is 2.21. The maximum Gasteiger partial charge on any atom is 0.160 e. The summed E-state index contributed by atoms with van der Waals surface area (Å²) in [5.41, 5.74) is 3.67. The van der Waals surface area contributed by atoms with Gasteiger partial charge in [0.1, 0.15) is 0 Å². The Balaban J connectivity index is 2.20. The van der Waals surface area contributed by atoms with Gasteiger partial charge in [-0.3, -0.25) is 9.69 Å². The number of carbonyl (C=O) groups excluding carboxylic acids is 1. The summed E-state index contributed by atoms with van der Waals surface area (Å²) < 4.78 is 0. The number of fused-ring (bicyclic) bond motifs is 4. The Bertz CT molecular complexity index is 494. The number of hydrogen-bond acceptors (Lipinski definition) is 2. The van der Waals surface area contributed by atoms with Gasteiger partial charge in [-0.2, -0.15) is 0 Å². The molecule has 90 valence electrons. The van der Waals surface area contributed by atoms with Gasteiger partial charge in [0.15, 0.2) is 5.78 Å². The topological polar surface area (TPSA) is 20.3 Å². The molecule has 0 unspecified atom stereocenters. The van der Waals surface area contributed by atoms with E-state index in [1.54, 1.807) is 0 Å². The summed E-state index contributed by atoms with van der Waals surface area (Å²) in [5, 5.41) is 0. The lowest BCUT2D eigenvalue weighted by atomic mass is 9.64. The fourth-order valence-corrected chi connectivity index (χ4v) is 3.35. The fourth-order valence-electron chi connectivity index (χ4n) is 3.35. The molecule has 1 aromatic carbocycles. The van der Waals surface area contributed by atoms with E-state index < -0.39 is 0 Å². The Labute approximate surface area is 103 Å². The zero-order valence-electron chi connectivity index (χ0n) is 10.8. The number of Topliss-reactive ketones (excluding diaryl/α,β-unsaturated/α-hetero) is 1. The van der Waals surface area contributed by atoms with Gasteiger partial charge in [-0.05, 0) is 51.4 Å². The third kappa shape index (κ3) is 1.40. The molecule has 1 aliphatic carbocycles. The van der Waals surface area contributed by atoms with E-state index in [1.165, 1.54) is 16.7 Å². The zero-order valence-corrected chi connectivity index (χ0v) is 10.8.